The number of hydrogen-bond donors (Lipinski definition) is 1. The predicted octanol–water partition coefficient (Wildman–Crippen LogP) is 2.12. The topological polar surface area (TPSA) is 64.2 Å². The minimum absolute atomic E-state index is 0.178. The Morgan fingerprint density at radius 2 is 2.15 bits per heavy atom. The SMILES string of the molecule is CCOCc1nc(-c2ccc(OC)cc2F)cc(=O)[nH]1. The van der Waals surface area contributed by atoms with Crippen molar-refractivity contribution < 1.29 is 13.9 Å². The van der Waals surface area contributed by atoms with E-state index in [1.807, 2.05) is 6.92 Å². The molecule has 0 amide bonds. The lowest BCUT2D eigenvalue weighted by Gasteiger charge is -2.07. The molecule has 2 aromatic rings. The van der Waals surface area contributed by atoms with Crippen molar-refractivity contribution in [3.05, 3.63) is 46.3 Å². The highest BCUT2D eigenvalue weighted by atomic mass is 19.1. The molecule has 1 heterocycles. The van der Waals surface area contributed by atoms with Gasteiger partial charge in [0, 0.05) is 24.3 Å². The first kappa shape index (κ1) is 14.2. The van der Waals surface area contributed by atoms with Crippen molar-refractivity contribution in [1.29, 1.82) is 0 Å². The maximum atomic E-state index is 14.0. The third-order valence-electron chi connectivity index (χ3n) is 2.69. The molecule has 0 saturated carbocycles. The minimum atomic E-state index is -0.496. The second-order valence-electron chi connectivity index (χ2n) is 4.06. The molecule has 6 heteroatoms. The van der Waals surface area contributed by atoms with E-state index in [-0.39, 0.29) is 23.4 Å². The maximum Gasteiger partial charge on any atom is 0.251 e. The zero-order valence-corrected chi connectivity index (χ0v) is 11.3. The van der Waals surface area contributed by atoms with Crippen LogP contribution in [-0.2, 0) is 11.3 Å². The molecule has 0 fully saturated rings. The van der Waals surface area contributed by atoms with Gasteiger partial charge in [0.15, 0.2) is 0 Å². The Bertz CT molecular complexity index is 655. The van der Waals surface area contributed by atoms with Crippen LogP contribution in [0.5, 0.6) is 5.75 Å². The molecule has 0 saturated heterocycles. The molecule has 2 rings (SSSR count). The number of hydrogen-bond acceptors (Lipinski definition) is 4. The summed E-state index contributed by atoms with van der Waals surface area (Å²) in [5.74, 6) is 0.278. The third kappa shape index (κ3) is 3.21. The van der Waals surface area contributed by atoms with Gasteiger partial charge in [-0.25, -0.2) is 9.37 Å². The number of nitrogens with zero attached hydrogens (tertiary/aromatic N) is 1. The lowest BCUT2D eigenvalue weighted by molar-refractivity contribution is 0.128. The molecule has 0 radical (unpaired) electrons. The van der Waals surface area contributed by atoms with Crippen molar-refractivity contribution in [1.82, 2.24) is 9.97 Å². The van der Waals surface area contributed by atoms with Gasteiger partial charge < -0.3 is 14.5 Å². The summed E-state index contributed by atoms with van der Waals surface area (Å²) in [5, 5.41) is 0. The van der Waals surface area contributed by atoms with Gasteiger partial charge in [0.1, 0.15) is 24.0 Å². The van der Waals surface area contributed by atoms with Crippen LogP contribution >= 0.6 is 0 Å². The van der Waals surface area contributed by atoms with Gasteiger partial charge >= 0.3 is 0 Å². The summed E-state index contributed by atoms with van der Waals surface area (Å²) in [6.45, 7) is 2.52. The molecule has 0 bridgehead atoms. The van der Waals surface area contributed by atoms with E-state index in [1.165, 1.54) is 25.3 Å². The molecule has 1 N–H and O–H groups in total. The summed E-state index contributed by atoms with van der Waals surface area (Å²) in [5.41, 5.74) is 0.165. The Kier molecular flexibility index (Phi) is 4.47. The van der Waals surface area contributed by atoms with Crippen molar-refractivity contribution >= 4 is 0 Å². The molecule has 0 atom stereocenters. The van der Waals surface area contributed by atoms with Gasteiger partial charge in [0.05, 0.1) is 12.8 Å². The van der Waals surface area contributed by atoms with E-state index in [9.17, 15) is 9.18 Å². The number of rotatable bonds is 5. The van der Waals surface area contributed by atoms with E-state index in [4.69, 9.17) is 9.47 Å². The summed E-state index contributed by atoms with van der Waals surface area (Å²) >= 11 is 0. The van der Waals surface area contributed by atoms with Crippen LogP contribution in [0, 0.1) is 5.82 Å². The van der Waals surface area contributed by atoms with E-state index < -0.39 is 5.82 Å². The van der Waals surface area contributed by atoms with E-state index in [1.54, 1.807) is 6.07 Å². The predicted molar refractivity (Wildman–Crippen MR) is 72.1 cm³/mol. The first-order valence-corrected chi connectivity index (χ1v) is 6.16. The zero-order valence-electron chi connectivity index (χ0n) is 11.3. The summed E-state index contributed by atoms with van der Waals surface area (Å²) in [6, 6.07) is 5.64. The molecule has 5 nitrogen and oxygen atoms in total. The fraction of sp³-hybridized carbons (Fsp3) is 0.286. The second kappa shape index (κ2) is 6.29. The van der Waals surface area contributed by atoms with Crippen LogP contribution in [0.3, 0.4) is 0 Å². The van der Waals surface area contributed by atoms with Crippen molar-refractivity contribution in [3.63, 3.8) is 0 Å². The van der Waals surface area contributed by atoms with Crippen LogP contribution in [0.1, 0.15) is 12.7 Å². The fourth-order valence-corrected chi connectivity index (χ4v) is 1.74. The van der Waals surface area contributed by atoms with E-state index >= 15 is 0 Å². The van der Waals surface area contributed by atoms with Crippen LogP contribution in [0.15, 0.2) is 29.1 Å². The van der Waals surface area contributed by atoms with Crippen molar-refractivity contribution in [2.24, 2.45) is 0 Å². The third-order valence-corrected chi connectivity index (χ3v) is 2.69. The van der Waals surface area contributed by atoms with Crippen LogP contribution in [0.4, 0.5) is 4.39 Å². The molecule has 0 unspecified atom stereocenters. The largest absolute Gasteiger partial charge is 0.497 e. The first-order valence-electron chi connectivity index (χ1n) is 6.16. The Balaban J connectivity index is 2.41. The number of aromatic nitrogens is 2. The number of aromatic amines is 1. The highest BCUT2D eigenvalue weighted by Crippen LogP contribution is 2.24. The van der Waals surface area contributed by atoms with E-state index in [0.717, 1.165) is 0 Å². The van der Waals surface area contributed by atoms with Crippen molar-refractivity contribution in [3.8, 4) is 17.0 Å². The molecule has 1 aromatic heterocycles. The lowest BCUT2D eigenvalue weighted by Crippen LogP contribution is -2.12. The highest BCUT2D eigenvalue weighted by molar-refractivity contribution is 5.60. The zero-order chi connectivity index (χ0) is 14.5. The molecule has 0 aliphatic rings. The van der Waals surface area contributed by atoms with E-state index in [2.05, 4.69) is 9.97 Å². The number of ether oxygens (including phenoxy) is 2. The quantitative estimate of drug-likeness (QED) is 0.910. The standard InChI is InChI=1S/C14H15FN2O3/c1-3-20-8-13-16-12(7-14(18)17-13)10-5-4-9(19-2)6-11(10)15/h4-7H,3,8H2,1-2H3,(H,16,17,18). The van der Waals surface area contributed by atoms with Gasteiger partial charge in [0.25, 0.3) is 5.56 Å². The van der Waals surface area contributed by atoms with Gasteiger partial charge in [-0.1, -0.05) is 0 Å². The monoisotopic (exact) mass is 278 g/mol. The van der Waals surface area contributed by atoms with Gasteiger partial charge in [-0.2, -0.15) is 0 Å². The normalized spacial score (nSPS) is 10.6. The van der Waals surface area contributed by atoms with Gasteiger partial charge in [0.2, 0.25) is 0 Å². The number of methoxy groups -OCH3 is 1. The molecule has 20 heavy (non-hydrogen) atoms. The molecule has 0 aliphatic heterocycles. The highest BCUT2D eigenvalue weighted by Gasteiger charge is 2.10. The smallest absolute Gasteiger partial charge is 0.251 e. The lowest BCUT2D eigenvalue weighted by atomic mass is 10.1. The number of benzene rings is 1. The first-order chi connectivity index (χ1) is 9.63. The van der Waals surface area contributed by atoms with Gasteiger partial charge in [-0.05, 0) is 19.1 Å². The summed E-state index contributed by atoms with van der Waals surface area (Å²) in [4.78, 5) is 18.3. The van der Waals surface area contributed by atoms with Crippen LogP contribution in [0.25, 0.3) is 11.3 Å². The molecule has 0 aliphatic carbocycles. The fourth-order valence-electron chi connectivity index (χ4n) is 1.74. The Hall–Kier alpha value is -2.21. The van der Waals surface area contributed by atoms with Gasteiger partial charge in [-0.3, -0.25) is 4.79 Å². The summed E-state index contributed by atoms with van der Waals surface area (Å²) in [7, 11) is 1.46. The maximum absolute atomic E-state index is 14.0. The average molecular weight is 278 g/mol. The molecule has 0 spiro atoms. The number of halogens is 1. The molecule has 1 aromatic carbocycles. The molecule has 106 valence electrons. The minimum Gasteiger partial charge on any atom is -0.497 e. The summed E-state index contributed by atoms with van der Waals surface area (Å²) < 4.78 is 24.1. The van der Waals surface area contributed by atoms with Crippen LogP contribution < -0.4 is 10.3 Å². The molecular weight excluding hydrogens is 263 g/mol. The van der Waals surface area contributed by atoms with Crippen LogP contribution in [0.2, 0.25) is 0 Å². The summed E-state index contributed by atoms with van der Waals surface area (Å²) in [6.07, 6.45) is 0. The van der Waals surface area contributed by atoms with Crippen molar-refractivity contribution in [2.45, 2.75) is 13.5 Å². The van der Waals surface area contributed by atoms with Gasteiger partial charge in [-0.15, -0.1) is 0 Å². The Morgan fingerprint density at radius 1 is 1.35 bits per heavy atom. The number of nitrogens with one attached hydrogen (secondary N) is 1. The van der Waals surface area contributed by atoms with E-state index in [0.29, 0.717) is 18.2 Å². The average Bonchev–Trinajstić information content (AvgIpc) is 2.44. The second-order valence-corrected chi connectivity index (χ2v) is 4.06. The van der Waals surface area contributed by atoms with Crippen LogP contribution in [-0.4, -0.2) is 23.7 Å². The Labute approximate surface area is 115 Å². The Morgan fingerprint density at radius 3 is 2.80 bits per heavy atom. The number of H-pyrrole nitrogens is 1. The molecular formula is C14H15FN2O3. The van der Waals surface area contributed by atoms with Crippen molar-refractivity contribution in [2.75, 3.05) is 13.7 Å².